The molecule has 0 saturated carbocycles. The number of hydrogen-bond acceptors (Lipinski definition) is 12. The van der Waals surface area contributed by atoms with Gasteiger partial charge in [-0.25, -0.2) is 18.2 Å². The lowest BCUT2D eigenvalue weighted by Crippen LogP contribution is -2.22. The fourth-order valence-electron chi connectivity index (χ4n) is 5.42. The number of carboxylic acids is 1. The van der Waals surface area contributed by atoms with E-state index in [9.17, 15) is 18.0 Å². The third-order valence-corrected chi connectivity index (χ3v) is 8.60. The number of aromatic nitrogens is 2. The van der Waals surface area contributed by atoms with Crippen LogP contribution < -0.4 is 39.6 Å². The van der Waals surface area contributed by atoms with E-state index < -0.39 is 22.0 Å². The molecule has 17 heteroatoms. The predicted molar refractivity (Wildman–Crippen MR) is 214 cm³/mol. The number of urea groups is 1. The lowest BCUT2D eigenvalue weighted by molar-refractivity contribution is -0.138. The van der Waals surface area contributed by atoms with E-state index in [1.165, 1.54) is 14.2 Å². The van der Waals surface area contributed by atoms with E-state index in [0.29, 0.717) is 39.4 Å². The molecule has 0 aliphatic rings. The number of nitrogens with zero attached hydrogens (tertiary/aromatic N) is 2. The second-order valence-electron chi connectivity index (χ2n) is 13.4. The summed E-state index contributed by atoms with van der Waals surface area (Å²) in [6.45, 7) is 6.42. The molecule has 0 radical (unpaired) electrons. The van der Waals surface area contributed by atoms with E-state index in [1.807, 2.05) is 45.0 Å². The molecule has 0 aliphatic carbocycles. The maximum Gasteiger partial charge on any atom is 0.323 e. The summed E-state index contributed by atoms with van der Waals surface area (Å²) in [6.07, 6.45) is 2.49. The van der Waals surface area contributed by atoms with Gasteiger partial charge in [0.1, 0.15) is 23.9 Å². The number of fused-ring (bicyclic) bond motifs is 1. The molecular formula is C39H44N6O10S. The largest absolute Gasteiger partial charge is 0.497 e. The van der Waals surface area contributed by atoms with Crippen molar-refractivity contribution in [3.63, 3.8) is 0 Å². The van der Waals surface area contributed by atoms with E-state index in [0.717, 1.165) is 11.8 Å². The van der Waals surface area contributed by atoms with Gasteiger partial charge in [0.15, 0.2) is 5.75 Å². The number of carboxylic acid groups (broad SMARTS) is 1. The van der Waals surface area contributed by atoms with Crippen LogP contribution in [-0.2, 0) is 25.0 Å². The SMILES string of the molecule is COc1cc(Nc2nccc(Oc3ccc(NC(=O)Nc4cc(C(C)(C)C)cc(NS(C)(=O)=O)c4OC)c4ccccc34)n2)cc(OCCOCCC(=O)O)c1. The molecule has 1 aromatic heterocycles. The average Bonchev–Trinajstić information content (AvgIpc) is 3.13. The molecule has 0 bridgehead atoms. The molecule has 5 rings (SSSR count). The van der Waals surface area contributed by atoms with Gasteiger partial charge in [0, 0.05) is 46.9 Å². The first-order valence-electron chi connectivity index (χ1n) is 17.3. The van der Waals surface area contributed by atoms with Gasteiger partial charge in [-0.05, 0) is 35.2 Å². The summed E-state index contributed by atoms with van der Waals surface area (Å²) in [5, 5.41) is 19.0. The smallest absolute Gasteiger partial charge is 0.323 e. The number of carbonyl (C=O) groups excluding carboxylic acids is 1. The summed E-state index contributed by atoms with van der Waals surface area (Å²) in [4.78, 5) is 33.0. The molecule has 56 heavy (non-hydrogen) atoms. The highest BCUT2D eigenvalue weighted by molar-refractivity contribution is 7.92. The molecule has 5 aromatic rings. The van der Waals surface area contributed by atoms with Gasteiger partial charge >= 0.3 is 12.0 Å². The molecule has 0 saturated heterocycles. The van der Waals surface area contributed by atoms with Crippen LogP contribution in [0.2, 0.25) is 0 Å². The summed E-state index contributed by atoms with van der Waals surface area (Å²) >= 11 is 0. The Morgan fingerprint density at radius 1 is 0.821 bits per heavy atom. The lowest BCUT2D eigenvalue weighted by atomic mass is 9.86. The number of benzene rings is 4. The fraction of sp³-hybridized carbons (Fsp3) is 0.282. The quantitative estimate of drug-likeness (QED) is 0.0584. The molecule has 2 amide bonds. The molecule has 0 fully saturated rings. The summed E-state index contributed by atoms with van der Waals surface area (Å²) in [5.41, 5.74) is 1.93. The third kappa shape index (κ3) is 11.3. The minimum atomic E-state index is -3.65. The van der Waals surface area contributed by atoms with Crippen molar-refractivity contribution in [1.82, 2.24) is 9.97 Å². The number of aliphatic carboxylic acids is 1. The van der Waals surface area contributed by atoms with Crippen LogP contribution in [0, 0.1) is 0 Å². The number of carbonyl (C=O) groups is 2. The van der Waals surface area contributed by atoms with Gasteiger partial charge in [-0.2, -0.15) is 4.98 Å². The highest BCUT2D eigenvalue weighted by Gasteiger charge is 2.23. The first kappa shape index (κ1) is 40.8. The van der Waals surface area contributed by atoms with Gasteiger partial charge < -0.3 is 44.7 Å². The van der Waals surface area contributed by atoms with E-state index in [-0.39, 0.29) is 60.6 Å². The Kier molecular flexibility index (Phi) is 13.0. The minimum Gasteiger partial charge on any atom is -0.497 e. The molecule has 5 N–H and O–H groups in total. The summed E-state index contributed by atoms with van der Waals surface area (Å²) in [5.74, 6) is 1.17. The Balaban J connectivity index is 1.32. The Hall–Kier alpha value is -6.33. The first-order chi connectivity index (χ1) is 26.6. The van der Waals surface area contributed by atoms with Crippen LogP contribution in [0.1, 0.15) is 32.8 Å². The Bertz CT molecular complexity index is 2310. The fourth-order valence-corrected chi connectivity index (χ4v) is 5.97. The van der Waals surface area contributed by atoms with Crippen LogP contribution in [-0.4, -0.2) is 75.8 Å². The normalized spacial score (nSPS) is 11.4. The molecule has 0 atom stereocenters. The molecule has 296 valence electrons. The van der Waals surface area contributed by atoms with Crippen LogP contribution in [0.4, 0.5) is 33.5 Å². The zero-order valence-electron chi connectivity index (χ0n) is 31.8. The van der Waals surface area contributed by atoms with Crippen molar-refractivity contribution in [1.29, 1.82) is 0 Å². The van der Waals surface area contributed by atoms with Crippen molar-refractivity contribution in [3.8, 4) is 28.9 Å². The van der Waals surface area contributed by atoms with Gasteiger partial charge in [-0.15, -0.1) is 0 Å². The number of rotatable bonds is 17. The second-order valence-corrected chi connectivity index (χ2v) is 15.2. The minimum absolute atomic E-state index is 0.0876. The molecule has 0 aliphatic heterocycles. The first-order valence-corrected chi connectivity index (χ1v) is 19.2. The highest BCUT2D eigenvalue weighted by atomic mass is 32.2. The standard InChI is InChI=1S/C39H44N6O10S/c1-39(2,3)24-19-31(36(52-5)32(20-24)45-56(6,49)50)43-38(48)42-30-11-12-33(29-10-8-7-9-28(29)30)55-34-13-15-40-37(44-34)41-25-21-26(51-4)23-27(22-25)54-18-17-53-16-14-35(46)47/h7-13,15,19-23,45H,14,16-18H2,1-6H3,(H,46,47)(H,40,41,44)(H2,42,43,48). The molecule has 0 spiro atoms. The Morgan fingerprint density at radius 3 is 2.23 bits per heavy atom. The van der Waals surface area contributed by atoms with Crippen molar-refractivity contribution in [2.45, 2.75) is 32.6 Å². The Labute approximate surface area is 324 Å². The summed E-state index contributed by atoms with van der Waals surface area (Å²) in [6, 6.07) is 20.4. The molecule has 4 aromatic carbocycles. The van der Waals surface area contributed by atoms with Crippen LogP contribution in [0.5, 0.6) is 28.9 Å². The zero-order chi connectivity index (χ0) is 40.5. The van der Waals surface area contributed by atoms with E-state index in [4.69, 9.17) is 28.8 Å². The van der Waals surface area contributed by atoms with Crippen LogP contribution >= 0.6 is 0 Å². The van der Waals surface area contributed by atoms with Crippen molar-refractivity contribution >= 4 is 61.5 Å². The number of methoxy groups -OCH3 is 2. The molecule has 16 nitrogen and oxygen atoms in total. The van der Waals surface area contributed by atoms with E-state index in [1.54, 1.807) is 54.7 Å². The number of nitrogens with one attached hydrogen (secondary N) is 4. The third-order valence-electron chi connectivity index (χ3n) is 8.01. The van der Waals surface area contributed by atoms with Gasteiger partial charge in [0.2, 0.25) is 21.9 Å². The Morgan fingerprint density at radius 2 is 1.54 bits per heavy atom. The van der Waals surface area contributed by atoms with Gasteiger partial charge in [0.05, 0.1) is 57.2 Å². The van der Waals surface area contributed by atoms with Crippen molar-refractivity contribution < 1.29 is 46.8 Å². The predicted octanol–water partition coefficient (Wildman–Crippen LogP) is 7.37. The second kappa shape index (κ2) is 17.9. The number of ether oxygens (including phenoxy) is 5. The molecular weight excluding hydrogens is 745 g/mol. The molecule has 1 heterocycles. The van der Waals surface area contributed by atoms with Crippen LogP contribution in [0.15, 0.2) is 79.0 Å². The summed E-state index contributed by atoms with van der Waals surface area (Å²) in [7, 11) is -0.730. The number of amides is 2. The zero-order valence-corrected chi connectivity index (χ0v) is 32.6. The van der Waals surface area contributed by atoms with Crippen molar-refractivity contribution in [2.75, 3.05) is 61.0 Å². The number of sulfonamides is 1. The van der Waals surface area contributed by atoms with Crippen molar-refractivity contribution in [3.05, 3.63) is 84.6 Å². The summed E-state index contributed by atoms with van der Waals surface area (Å²) < 4.78 is 55.0. The van der Waals surface area contributed by atoms with Crippen LogP contribution in [0.25, 0.3) is 10.8 Å². The topological polar surface area (TPSA) is 209 Å². The number of anilines is 5. The van der Waals surface area contributed by atoms with Gasteiger partial charge in [-0.3, -0.25) is 9.52 Å². The highest BCUT2D eigenvalue weighted by Crippen LogP contribution is 2.40. The lowest BCUT2D eigenvalue weighted by Gasteiger charge is -2.24. The maximum absolute atomic E-state index is 13.5. The maximum atomic E-state index is 13.5. The van der Waals surface area contributed by atoms with Gasteiger partial charge in [-0.1, -0.05) is 45.0 Å². The van der Waals surface area contributed by atoms with Gasteiger partial charge in [0.25, 0.3) is 0 Å². The average molecular weight is 789 g/mol. The monoisotopic (exact) mass is 788 g/mol. The van der Waals surface area contributed by atoms with Crippen LogP contribution in [0.3, 0.4) is 0 Å². The van der Waals surface area contributed by atoms with Crippen molar-refractivity contribution in [2.24, 2.45) is 0 Å². The molecule has 0 unspecified atom stereocenters. The number of hydrogen-bond donors (Lipinski definition) is 5. The van der Waals surface area contributed by atoms with E-state index >= 15 is 0 Å². The van der Waals surface area contributed by atoms with E-state index in [2.05, 4.69) is 30.6 Å².